The van der Waals surface area contributed by atoms with Gasteiger partial charge in [0.05, 0.1) is 10.9 Å². The number of H-pyrrole nitrogens is 1. The zero-order valence-corrected chi connectivity index (χ0v) is 9.59. The van der Waals surface area contributed by atoms with Gasteiger partial charge in [-0.15, -0.1) is 0 Å². The molecule has 4 nitrogen and oxygen atoms in total. The van der Waals surface area contributed by atoms with E-state index in [0.717, 1.165) is 6.07 Å². The number of aromatic amines is 1. The number of aryl methyl sites for hydroxylation is 1. The smallest absolute Gasteiger partial charge is 0.290 e. The van der Waals surface area contributed by atoms with Gasteiger partial charge in [0.15, 0.2) is 11.6 Å². The topological polar surface area (TPSA) is 54.9 Å². The molecule has 2 aromatic rings. The summed E-state index contributed by atoms with van der Waals surface area (Å²) in [5.74, 6) is -2.02. The fourth-order valence-corrected chi connectivity index (χ4v) is 2.57. The standard InChI is InChI=1S/C12H10F2N2O2/c1-5-2-3-6-9(14)8(13)4-7-10(6)16(5)12(18)15-11(7)17/h4-5H,2-3H2,1H3,(H,15,17,18). The Morgan fingerprint density at radius 2 is 2.11 bits per heavy atom. The number of halogens is 2. The minimum atomic E-state index is -1.05. The first-order valence-corrected chi connectivity index (χ1v) is 5.66. The van der Waals surface area contributed by atoms with Crippen molar-refractivity contribution in [3.8, 4) is 0 Å². The van der Waals surface area contributed by atoms with Crippen LogP contribution in [-0.2, 0) is 6.42 Å². The van der Waals surface area contributed by atoms with Crippen LogP contribution in [0.25, 0.3) is 10.9 Å². The Morgan fingerprint density at radius 1 is 1.39 bits per heavy atom. The van der Waals surface area contributed by atoms with Crippen LogP contribution in [0, 0.1) is 11.6 Å². The molecule has 3 rings (SSSR count). The number of nitrogens with zero attached hydrogens (tertiary/aromatic N) is 1. The summed E-state index contributed by atoms with van der Waals surface area (Å²) >= 11 is 0. The maximum atomic E-state index is 13.7. The van der Waals surface area contributed by atoms with Crippen LogP contribution in [-0.4, -0.2) is 9.55 Å². The minimum Gasteiger partial charge on any atom is -0.290 e. The van der Waals surface area contributed by atoms with Gasteiger partial charge in [0.1, 0.15) is 0 Å². The highest BCUT2D eigenvalue weighted by Gasteiger charge is 2.25. The molecule has 0 bridgehead atoms. The van der Waals surface area contributed by atoms with Gasteiger partial charge >= 0.3 is 5.69 Å². The number of aromatic nitrogens is 2. The highest BCUT2D eigenvalue weighted by Crippen LogP contribution is 2.30. The molecule has 0 aliphatic carbocycles. The second-order valence-corrected chi connectivity index (χ2v) is 4.56. The van der Waals surface area contributed by atoms with E-state index in [9.17, 15) is 18.4 Å². The van der Waals surface area contributed by atoms with E-state index in [1.807, 2.05) is 6.92 Å². The molecule has 18 heavy (non-hydrogen) atoms. The van der Waals surface area contributed by atoms with Crippen LogP contribution in [0.1, 0.15) is 24.9 Å². The molecule has 0 amide bonds. The highest BCUT2D eigenvalue weighted by molar-refractivity contribution is 5.82. The molecule has 1 aromatic heterocycles. The molecule has 6 heteroatoms. The summed E-state index contributed by atoms with van der Waals surface area (Å²) in [5, 5.41) is 0.0232. The van der Waals surface area contributed by atoms with Gasteiger partial charge in [-0.05, 0) is 25.8 Å². The third-order valence-corrected chi connectivity index (χ3v) is 3.46. The summed E-state index contributed by atoms with van der Waals surface area (Å²) in [6.07, 6.45) is 0.860. The normalized spacial score (nSPS) is 18.3. The number of benzene rings is 1. The second kappa shape index (κ2) is 3.51. The van der Waals surface area contributed by atoms with E-state index in [1.165, 1.54) is 4.57 Å². The van der Waals surface area contributed by atoms with Crippen LogP contribution < -0.4 is 11.2 Å². The fraction of sp³-hybridized carbons (Fsp3) is 0.333. The molecule has 1 unspecified atom stereocenters. The van der Waals surface area contributed by atoms with Crippen molar-refractivity contribution in [3.05, 3.63) is 44.1 Å². The molecule has 94 valence electrons. The van der Waals surface area contributed by atoms with Crippen LogP contribution in [0.15, 0.2) is 15.7 Å². The van der Waals surface area contributed by atoms with E-state index in [-0.39, 0.29) is 22.5 Å². The summed E-state index contributed by atoms with van der Waals surface area (Å²) in [7, 11) is 0. The lowest BCUT2D eigenvalue weighted by Gasteiger charge is -2.24. The highest BCUT2D eigenvalue weighted by atomic mass is 19.2. The zero-order chi connectivity index (χ0) is 13.0. The molecule has 0 fully saturated rings. The molecule has 0 saturated heterocycles. The van der Waals surface area contributed by atoms with Crippen molar-refractivity contribution in [3.63, 3.8) is 0 Å². The van der Waals surface area contributed by atoms with Crippen molar-refractivity contribution in [1.82, 2.24) is 9.55 Å². The summed E-state index contributed by atoms with van der Waals surface area (Å²) in [6, 6.07) is 0.704. The Bertz CT molecular complexity index is 776. The predicted octanol–water partition coefficient (Wildman–Crippen LogP) is 1.48. The van der Waals surface area contributed by atoms with Gasteiger partial charge in [-0.3, -0.25) is 14.3 Å². The van der Waals surface area contributed by atoms with E-state index >= 15 is 0 Å². The minimum absolute atomic E-state index is 0.0232. The molecule has 1 aromatic carbocycles. The van der Waals surface area contributed by atoms with Crippen molar-refractivity contribution in [2.24, 2.45) is 0 Å². The van der Waals surface area contributed by atoms with Gasteiger partial charge in [-0.2, -0.15) is 0 Å². The first-order chi connectivity index (χ1) is 8.50. The summed E-state index contributed by atoms with van der Waals surface area (Å²) < 4.78 is 28.5. The fourth-order valence-electron chi connectivity index (χ4n) is 2.57. The molecular weight excluding hydrogens is 242 g/mol. The Kier molecular flexibility index (Phi) is 2.17. The molecule has 1 aliphatic rings. The number of rotatable bonds is 0. The van der Waals surface area contributed by atoms with Crippen LogP contribution in [0.5, 0.6) is 0 Å². The zero-order valence-electron chi connectivity index (χ0n) is 9.59. The molecule has 0 saturated carbocycles. The van der Waals surface area contributed by atoms with E-state index < -0.39 is 22.9 Å². The molecule has 1 atom stereocenters. The summed E-state index contributed by atoms with van der Waals surface area (Å²) in [6.45, 7) is 1.81. The van der Waals surface area contributed by atoms with Crippen molar-refractivity contribution in [2.75, 3.05) is 0 Å². The Hall–Kier alpha value is -1.98. The number of hydrogen-bond donors (Lipinski definition) is 1. The van der Waals surface area contributed by atoms with E-state index in [2.05, 4.69) is 4.98 Å². The quantitative estimate of drug-likeness (QED) is 0.772. The van der Waals surface area contributed by atoms with Crippen molar-refractivity contribution in [1.29, 1.82) is 0 Å². The van der Waals surface area contributed by atoms with E-state index in [4.69, 9.17) is 0 Å². The summed E-state index contributed by atoms with van der Waals surface area (Å²) in [4.78, 5) is 25.6. The molecule has 0 radical (unpaired) electrons. The third kappa shape index (κ3) is 1.28. The molecule has 2 heterocycles. The van der Waals surface area contributed by atoms with Gasteiger partial charge in [-0.1, -0.05) is 0 Å². The molecular formula is C12H10F2N2O2. The Balaban J connectivity index is 2.66. The van der Waals surface area contributed by atoms with Gasteiger partial charge in [0.2, 0.25) is 0 Å². The van der Waals surface area contributed by atoms with E-state index in [1.54, 1.807) is 0 Å². The average molecular weight is 252 g/mol. The largest absolute Gasteiger partial charge is 0.329 e. The lowest BCUT2D eigenvalue weighted by Crippen LogP contribution is -2.35. The lowest BCUT2D eigenvalue weighted by molar-refractivity contribution is 0.451. The molecule has 0 spiro atoms. The van der Waals surface area contributed by atoms with Crippen molar-refractivity contribution < 1.29 is 8.78 Å². The first kappa shape index (κ1) is 11.1. The van der Waals surface area contributed by atoms with Gasteiger partial charge < -0.3 is 0 Å². The second-order valence-electron chi connectivity index (χ2n) is 4.56. The van der Waals surface area contributed by atoms with Crippen LogP contribution >= 0.6 is 0 Å². The van der Waals surface area contributed by atoms with Crippen LogP contribution in [0.3, 0.4) is 0 Å². The number of hydrogen-bond acceptors (Lipinski definition) is 2. The maximum Gasteiger partial charge on any atom is 0.329 e. The third-order valence-electron chi connectivity index (χ3n) is 3.46. The monoisotopic (exact) mass is 252 g/mol. The SMILES string of the molecule is CC1CCc2c(F)c(F)cc3c(=O)[nH]c(=O)n1c23. The maximum absolute atomic E-state index is 13.7. The van der Waals surface area contributed by atoms with Crippen molar-refractivity contribution >= 4 is 10.9 Å². The lowest BCUT2D eigenvalue weighted by atomic mass is 9.97. The van der Waals surface area contributed by atoms with Gasteiger partial charge in [-0.25, -0.2) is 13.6 Å². The predicted molar refractivity (Wildman–Crippen MR) is 61.8 cm³/mol. The van der Waals surface area contributed by atoms with Crippen molar-refractivity contribution in [2.45, 2.75) is 25.8 Å². The first-order valence-electron chi connectivity index (χ1n) is 5.66. The van der Waals surface area contributed by atoms with E-state index in [0.29, 0.717) is 12.8 Å². The van der Waals surface area contributed by atoms with Gasteiger partial charge in [0, 0.05) is 11.6 Å². The van der Waals surface area contributed by atoms with Gasteiger partial charge in [0.25, 0.3) is 5.56 Å². The molecule has 1 N–H and O–H groups in total. The Labute approximate surface area is 99.9 Å². The Morgan fingerprint density at radius 3 is 2.83 bits per heavy atom. The number of nitrogens with one attached hydrogen (secondary N) is 1. The van der Waals surface area contributed by atoms with Crippen LogP contribution in [0.4, 0.5) is 8.78 Å². The molecule has 1 aliphatic heterocycles. The summed E-state index contributed by atoms with van der Waals surface area (Å²) in [5.41, 5.74) is -0.917. The average Bonchev–Trinajstić information content (AvgIpc) is 2.31. The van der Waals surface area contributed by atoms with Crippen LogP contribution in [0.2, 0.25) is 0 Å².